The van der Waals surface area contributed by atoms with Crippen LogP contribution in [0.3, 0.4) is 0 Å². The lowest BCUT2D eigenvalue weighted by atomic mass is 10.0. The van der Waals surface area contributed by atoms with Gasteiger partial charge in [0.25, 0.3) is 5.91 Å². The average Bonchev–Trinajstić information content (AvgIpc) is 3.48. The maximum Gasteiger partial charge on any atom is 0.264 e. The van der Waals surface area contributed by atoms with E-state index in [0.717, 1.165) is 57.7 Å². The van der Waals surface area contributed by atoms with Crippen LogP contribution in [0.5, 0.6) is 5.75 Å². The number of pyridine rings is 1. The van der Waals surface area contributed by atoms with Crippen LogP contribution in [0.1, 0.15) is 23.3 Å². The van der Waals surface area contributed by atoms with Crippen LogP contribution in [0.25, 0.3) is 21.3 Å². The standard InChI is InChI=1S/C25H29ClN4O4S2/c26-17-11-16-12-22(25(31)29-8-5-27-6-9-29)34-23(16)20(13-17)19-3-4-28-21-14-18(35-24(19)21)15-30-7-1-2-10-36(30,32)33/h3-4,11,13-14,22,27,32-33H,1-2,5-10,12,15H2. The summed E-state index contributed by atoms with van der Waals surface area (Å²) in [5.74, 6) is 1.16. The fraction of sp³-hybridized carbons (Fsp3) is 0.440. The summed E-state index contributed by atoms with van der Waals surface area (Å²) in [5.41, 5.74) is 3.60. The van der Waals surface area contributed by atoms with E-state index in [-0.39, 0.29) is 5.91 Å². The zero-order valence-electron chi connectivity index (χ0n) is 19.8. The fourth-order valence-corrected chi connectivity index (χ4v) is 8.34. The van der Waals surface area contributed by atoms with Crippen molar-refractivity contribution in [3.8, 4) is 16.9 Å². The minimum atomic E-state index is -2.72. The van der Waals surface area contributed by atoms with Crippen molar-refractivity contribution < 1.29 is 18.6 Å². The first-order chi connectivity index (χ1) is 17.4. The molecule has 0 aliphatic carbocycles. The molecule has 2 aromatic heterocycles. The van der Waals surface area contributed by atoms with Crippen LogP contribution in [0.4, 0.5) is 0 Å². The van der Waals surface area contributed by atoms with E-state index in [1.807, 2.05) is 29.2 Å². The summed E-state index contributed by atoms with van der Waals surface area (Å²) in [6.45, 7) is 4.12. The van der Waals surface area contributed by atoms with Crippen LogP contribution in [0.2, 0.25) is 5.02 Å². The smallest absolute Gasteiger partial charge is 0.264 e. The lowest BCUT2D eigenvalue weighted by Crippen LogP contribution is -2.50. The molecular weight excluding hydrogens is 520 g/mol. The number of benzene rings is 1. The first kappa shape index (κ1) is 24.4. The van der Waals surface area contributed by atoms with Crippen molar-refractivity contribution >= 4 is 49.8 Å². The summed E-state index contributed by atoms with van der Waals surface area (Å²) in [6, 6.07) is 7.77. The molecule has 36 heavy (non-hydrogen) atoms. The Hall–Kier alpha value is -1.92. The van der Waals surface area contributed by atoms with Crippen molar-refractivity contribution in [3.63, 3.8) is 0 Å². The molecule has 6 rings (SSSR count). The maximum absolute atomic E-state index is 13.1. The zero-order chi connectivity index (χ0) is 24.9. The van der Waals surface area contributed by atoms with Crippen LogP contribution in [0.15, 0.2) is 30.5 Å². The maximum atomic E-state index is 13.1. The molecule has 5 heterocycles. The van der Waals surface area contributed by atoms with Gasteiger partial charge in [-0.25, -0.2) is 4.31 Å². The third-order valence-electron chi connectivity index (χ3n) is 7.07. The second kappa shape index (κ2) is 9.75. The number of hydrogen-bond donors (Lipinski definition) is 3. The number of carbonyl (C=O) groups is 1. The Morgan fingerprint density at radius 2 is 2.03 bits per heavy atom. The molecule has 1 amide bonds. The molecule has 1 aromatic carbocycles. The molecule has 0 saturated carbocycles. The van der Waals surface area contributed by atoms with Crippen LogP contribution in [0, 0.1) is 0 Å². The van der Waals surface area contributed by atoms with E-state index in [0.29, 0.717) is 49.1 Å². The number of fused-ring (bicyclic) bond motifs is 2. The third-order valence-corrected chi connectivity index (χ3v) is 10.4. The van der Waals surface area contributed by atoms with Gasteiger partial charge in [-0.1, -0.05) is 11.6 Å². The molecule has 2 saturated heterocycles. The highest BCUT2D eigenvalue weighted by Crippen LogP contribution is 2.49. The Labute approximate surface area is 220 Å². The molecule has 0 spiro atoms. The third kappa shape index (κ3) is 4.60. The normalized spacial score (nSPS) is 22.9. The van der Waals surface area contributed by atoms with Gasteiger partial charge in [-0.3, -0.25) is 18.9 Å². The molecule has 192 valence electrons. The Balaban J connectivity index is 1.32. The largest absolute Gasteiger partial charge is 0.479 e. The number of aromatic nitrogens is 1. The van der Waals surface area contributed by atoms with E-state index in [1.54, 1.807) is 21.8 Å². The molecule has 8 nitrogen and oxygen atoms in total. The summed E-state index contributed by atoms with van der Waals surface area (Å²) in [6.07, 6.45) is 3.53. The van der Waals surface area contributed by atoms with E-state index in [1.165, 1.54) is 0 Å². The number of thiophene rings is 1. The lowest BCUT2D eigenvalue weighted by Gasteiger charge is -2.46. The number of amides is 1. The second-order valence-electron chi connectivity index (χ2n) is 9.52. The van der Waals surface area contributed by atoms with Gasteiger partial charge in [-0.05, 0) is 37.1 Å². The van der Waals surface area contributed by atoms with Crippen molar-refractivity contribution in [1.82, 2.24) is 19.5 Å². The summed E-state index contributed by atoms with van der Waals surface area (Å²) in [4.78, 5) is 20.6. The van der Waals surface area contributed by atoms with Gasteiger partial charge in [0.1, 0.15) is 5.75 Å². The number of halogens is 1. The Morgan fingerprint density at radius 3 is 2.83 bits per heavy atom. The van der Waals surface area contributed by atoms with Gasteiger partial charge in [0.2, 0.25) is 0 Å². The molecule has 2 fully saturated rings. The first-order valence-corrected chi connectivity index (χ1v) is 15.1. The van der Waals surface area contributed by atoms with Gasteiger partial charge < -0.3 is 15.0 Å². The number of carbonyl (C=O) groups excluding carboxylic acids is 1. The van der Waals surface area contributed by atoms with Crippen LogP contribution < -0.4 is 10.1 Å². The van der Waals surface area contributed by atoms with Crippen molar-refractivity contribution in [2.24, 2.45) is 0 Å². The Morgan fingerprint density at radius 1 is 1.19 bits per heavy atom. The first-order valence-electron chi connectivity index (χ1n) is 12.3. The predicted molar refractivity (Wildman–Crippen MR) is 145 cm³/mol. The van der Waals surface area contributed by atoms with Crippen molar-refractivity contribution in [3.05, 3.63) is 45.9 Å². The minimum absolute atomic E-state index is 0.0218. The highest BCUT2D eigenvalue weighted by Gasteiger charge is 2.35. The molecule has 1 unspecified atom stereocenters. The van der Waals surface area contributed by atoms with Crippen LogP contribution >= 0.6 is 33.7 Å². The quantitative estimate of drug-likeness (QED) is 0.438. The summed E-state index contributed by atoms with van der Waals surface area (Å²) >= 11 is 8.14. The number of nitrogens with one attached hydrogen (secondary N) is 1. The molecule has 0 radical (unpaired) electrons. The van der Waals surface area contributed by atoms with Crippen molar-refractivity contribution in [2.45, 2.75) is 31.9 Å². The topological polar surface area (TPSA) is 98.2 Å². The molecule has 1 atom stereocenters. The van der Waals surface area contributed by atoms with E-state index in [2.05, 4.69) is 10.3 Å². The van der Waals surface area contributed by atoms with Gasteiger partial charge in [0.05, 0.1) is 22.5 Å². The molecular formula is C25H29ClN4O4S2. The number of hydrogen-bond acceptors (Lipinski definition) is 8. The van der Waals surface area contributed by atoms with Crippen LogP contribution in [-0.4, -0.2) is 73.8 Å². The number of piperazine rings is 1. The number of nitrogens with zero attached hydrogens (tertiary/aromatic N) is 3. The van der Waals surface area contributed by atoms with Crippen molar-refractivity contribution in [1.29, 1.82) is 0 Å². The molecule has 11 heteroatoms. The van der Waals surface area contributed by atoms with Gasteiger partial charge in [0.15, 0.2) is 6.10 Å². The molecule has 3 aromatic rings. The molecule has 3 N–H and O–H groups in total. The van der Waals surface area contributed by atoms with Gasteiger partial charge in [-0.2, -0.15) is 0 Å². The lowest BCUT2D eigenvalue weighted by molar-refractivity contribution is -0.138. The average molecular weight is 549 g/mol. The Kier molecular flexibility index (Phi) is 6.62. The zero-order valence-corrected chi connectivity index (χ0v) is 22.2. The summed E-state index contributed by atoms with van der Waals surface area (Å²) in [5, 5.41) is 3.88. The van der Waals surface area contributed by atoms with Gasteiger partial charge >= 0.3 is 0 Å². The second-order valence-corrected chi connectivity index (χ2v) is 13.3. The SMILES string of the molecule is O=C(C1Cc2cc(Cl)cc(-c3ccnc4cc(CN5CCCCS5(O)O)sc34)c2O1)N1CCNCC1. The van der Waals surface area contributed by atoms with E-state index >= 15 is 0 Å². The monoisotopic (exact) mass is 548 g/mol. The summed E-state index contributed by atoms with van der Waals surface area (Å²) in [7, 11) is -2.72. The van der Waals surface area contributed by atoms with E-state index < -0.39 is 16.9 Å². The minimum Gasteiger partial charge on any atom is -0.479 e. The van der Waals surface area contributed by atoms with Gasteiger partial charge in [-0.15, -0.1) is 22.1 Å². The van der Waals surface area contributed by atoms with E-state index in [4.69, 9.17) is 16.3 Å². The number of rotatable bonds is 4. The fourth-order valence-electron chi connectivity index (χ4n) is 5.24. The molecule has 0 bridgehead atoms. The Bertz CT molecular complexity index is 1310. The van der Waals surface area contributed by atoms with Crippen molar-refractivity contribution in [2.75, 3.05) is 38.5 Å². The molecule has 3 aliphatic rings. The van der Waals surface area contributed by atoms with E-state index in [9.17, 15) is 13.9 Å². The molecule has 3 aliphatic heterocycles. The predicted octanol–water partition coefficient (Wildman–Crippen LogP) is 4.61. The highest BCUT2D eigenvalue weighted by molar-refractivity contribution is 8.22. The van der Waals surface area contributed by atoms with Crippen LogP contribution in [-0.2, 0) is 17.8 Å². The highest BCUT2D eigenvalue weighted by atomic mass is 35.5. The number of ether oxygens (including phenoxy) is 1. The van der Waals surface area contributed by atoms with Gasteiger partial charge in [0, 0.05) is 71.9 Å². The summed E-state index contributed by atoms with van der Waals surface area (Å²) < 4.78 is 30.1.